The predicted molar refractivity (Wildman–Crippen MR) is 104 cm³/mol. The molecule has 0 aliphatic carbocycles. The largest absolute Gasteiger partial charge is 0.481 e. The second kappa shape index (κ2) is 9.26. The van der Waals surface area contributed by atoms with Gasteiger partial charge in [0.2, 0.25) is 0 Å². The third-order valence-corrected chi connectivity index (χ3v) is 4.46. The van der Waals surface area contributed by atoms with Crippen LogP contribution in [0, 0.1) is 13.8 Å². The molecule has 0 aromatic heterocycles. The van der Waals surface area contributed by atoms with Crippen molar-refractivity contribution in [1.29, 1.82) is 0 Å². The number of unbranched alkanes of at least 4 members (excludes halogenated alkanes) is 1. The number of benzene rings is 2. The van der Waals surface area contributed by atoms with Crippen molar-refractivity contribution < 1.29 is 9.53 Å². The normalized spacial score (nSPS) is 11.8. The van der Waals surface area contributed by atoms with Gasteiger partial charge in [0.15, 0.2) is 6.10 Å². The van der Waals surface area contributed by atoms with Crippen LogP contribution in [0.4, 0.5) is 5.69 Å². The number of carbonyl (C=O) groups excluding carboxylic acids is 1. The molecule has 2 aromatic rings. The first kappa shape index (κ1) is 19.0. The maximum atomic E-state index is 12.5. The van der Waals surface area contributed by atoms with Gasteiger partial charge in [0.1, 0.15) is 5.75 Å². The van der Waals surface area contributed by atoms with Gasteiger partial charge in [-0.15, -0.1) is 0 Å². The lowest BCUT2D eigenvalue weighted by molar-refractivity contribution is -0.122. The summed E-state index contributed by atoms with van der Waals surface area (Å²) in [6.45, 7) is 8.25. The minimum atomic E-state index is -0.498. The first-order valence-electron chi connectivity index (χ1n) is 9.17. The molecule has 1 N–H and O–H groups in total. The van der Waals surface area contributed by atoms with Crippen molar-refractivity contribution in [3.63, 3.8) is 0 Å². The summed E-state index contributed by atoms with van der Waals surface area (Å²) in [6.07, 6.45) is 3.58. The summed E-state index contributed by atoms with van der Waals surface area (Å²) >= 11 is 0. The summed E-state index contributed by atoms with van der Waals surface area (Å²) in [5.41, 5.74) is 4.49. The van der Waals surface area contributed by atoms with Crippen LogP contribution in [0.5, 0.6) is 5.75 Å². The highest BCUT2D eigenvalue weighted by Gasteiger charge is 2.18. The Bertz CT molecular complexity index is 692. The molecule has 25 heavy (non-hydrogen) atoms. The van der Waals surface area contributed by atoms with Gasteiger partial charge in [0, 0.05) is 5.69 Å². The fourth-order valence-electron chi connectivity index (χ4n) is 2.63. The van der Waals surface area contributed by atoms with Crippen LogP contribution in [0.15, 0.2) is 42.5 Å². The Morgan fingerprint density at radius 1 is 1.04 bits per heavy atom. The van der Waals surface area contributed by atoms with Crippen LogP contribution >= 0.6 is 0 Å². The van der Waals surface area contributed by atoms with Crippen LogP contribution < -0.4 is 10.1 Å². The van der Waals surface area contributed by atoms with Crippen molar-refractivity contribution in [3.05, 3.63) is 59.2 Å². The topological polar surface area (TPSA) is 38.3 Å². The molecule has 3 nitrogen and oxygen atoms in total. The van der Waals surface area contributed by atoms with Crippen LogP contribution in [-0.4, -0.2) is 12.0 Å². The molecule has 2 rings (SSSR count). The van der Waals surface area contributed by atoms with Crippen LogP contribution in [0.1, 0.15) is 49.8 Å². The number of nitrogens with one attached hydrogen (secondary N) is 1. The lowest BCUT2D eigenvalue weighted by atomic mass is 10.1. The fourth-order valence-corrected chi connectivity index (χ4v) is 2.63. The van der Waals surface area contributed by atoms with Gasteiger partial charge in [0.05, 0.1) is 0 Å². The molecule has 1 amide bonds. The Morgan fingerprint density at radius 2 is 1.76 bits per heavy atom. The van der Waals surface area contributed by atoms with E-state index in [4.69, 9.17) is 4.74 Å². The standard InChI is InChI=1S/C22H29NO2/c1-5-7-8-18-10-12-19(13-11-18)23-22(24)21(6-2)25-20-14-9-16(3)17(4)15-20/h9-15,21H,5-8H2,1-4H3,(H,23,24)/t21-/m1/s1. The number of anilines is 1. The van der Waals surface area contributed by atoms with E-state index in [9.17, 15) is 4.79 Å². The SMILES string of the molecule is CCCCc1ccc(NC(=O)[C@@H](CC)Oc2ccc(C)c(C)c2)cc1. The summed E-state index contributed by atoms with van der Waals surface area (Å²) in [4.78, 5) is 12.5. The molecule has 0 bridgehead atoms. The molecule has 0 saturated heterocycles. The van der Waals surface area contributed by atoms with Gasteiger partial charge < -0.3 is 10.1 Å². The van der Waals surface area contributed by atoms with Crippen molar-refractivity contribution in [2.24, 2.45) is 0 Å². The van der Waals surface area contributed by atoms with Gasteiger partial charge in [-0.25, -0.2) is 0 Å². The number of carbonyl (C=O) groups is 1. The third-order valence-electron chi connectivity index (χ3n) is 4.46. The number of aryl methyl sites for hydroxylation is 3. The Hall–Kier alpha value is -2.29. The lowest BCUT2D eigenvalue weighted by Gasteiger charge is -2.18. The minimum absolute atomic E-state index is 0.109. The highest BCUT2D eigenvalue weighted by atomic mass is 16.5. The zero-order valence-corrected chi connectivity index (χ0v) is 15.8. The Balaban J connectivity index is 1.98. The van der Waals surface area contributed by atoms with E-state index in [1.54, 1.807) is 0 Å². The van der Waals surface area contributed by atoms with Crippen LogP contribution in [-0.2, 0) is 11.2 Å². The number of hydrogen-bond acceptors (Lipinski definition) is 2. The maximum absolute atomic E-state index is 12.5. The first-order chi connectivity index (χ1) is 12.0. The smallest absolute Gasteiger partial charge is 0.265 e. The van der Waals surface area contributed by atoms with Crippen molar-refractivity contribution in [1.82, 2.24) is 0 Å². The van der Waals surface area contributed by atoms with Crippen LogP contribution in [0.25, 0.3) is 0 Å². The summed E-state index contributed by atoms with van der Waals surface area (Å²) in [5.74, 6) is 0.627. The first-order valence-corrected chi connectivity index (χ1v) is 9.17. The van der Waals surface area contributed by atoms with Crippen molar-refractivity contribution in [2.75, 3.05) is 5.32 Å². The number of hydrogen-bond donors (Lipinski definition) is 1. The maximum Gasteiger partial charge on any atom is 0.265 e. The molecule has 0 radical (unpaired) electrons. The Kier molecular flexibility index (Phi) is 7.05. The molecule has 0 heterocycles. The molecule has 0 fully saturated rings. The van der Waals surface area contributed by atoms with E-state index in [2.05, 4.69) is 31.3 Å². The van der Waals surface area contributed by atoms with Crippen molar-refractivity contribution >= 4 is 11.6 Å². The quantitative estimate of drug-likeness (QED) is 0.695. The van der Waals surface area contributed by atoms with E-state index in [0.717, 1.165) is 23.4 Å². The van der Waals surface area contributed by atoms with Gasteiger partial charge in [-0.1, -0.05) is 38.5 Å². The van der Waals surface area contributed by atoms with E-state index in [1.807, 2.05) is 44.2 Å². The lowest BCUT2D eigenvalue weighted by Crippen LogP contribution is -2.32. The molecule has 1 atom stereocenters. The van der Waals surface area contributed by atoms with E-state index in [-0.39, 0.29) is 5.91 Å². The Labute approximate surface area is 151 Å². The molecule has 0 saturated carbocycles. The Morgan fingerprint density at radius 3 is 2.36 bits per heavy atom. The number of rotatable bonds is 8. The summed E-state index contributed by atoms with van der Waals surface area (Å²) in [7, 11) is 0. The van der Waals surface area contributed by atoms with Crippen LogP contribution in [0.3, 0.4) is 0 Å². The zero-order valence-electron chi connectivity index (χ0n) is 15.8. The monoisotopic (exact) mass is 339 g/mol. The van der Waals surface area contributed by atoms with E-state index >= 15 is 0 Å². The number of ether oxygens (including phenoxy) is 1. The highest BCUT2D eigenvalue weighted by Crippen LogP contribution is 2.19. The molecule has 0 aliphatic heterocycles. The molecule has 0 aliphatic rings. The molecule has 0 spiro atoms. The summed E-state index contributed by atoms with van der Waals surface area (Å²) in [5, 5.41) is 2.96. The highest BCUT2D eigenvalue weighted by molar-refractivity contribution is 5.94. The predicted octanol–water partition coefficient (Wildman–Crippen LogP) is 5.44. The van der Waals surface area contributed by atoms with Gasteiger partial charge in [-0.3, -0.25) is 4.79 Å². The molecule has 0 unspecified atom stereocenters. The zero-order chi connectivity index (χ0) is 18.2. The van der Waals surface area contributed by atoms with Gasteiger partial charge in [-0.2, -0.15) is 0 Å². The second-order valence-corrected chi connectivity index (χ2v) is 6.55. The van der Waals surface area contributed by atoms with Crippen molar-refractivity contribution in [2.45, 2.75) is 59.5 Å². The van der Waals surface area contributed by atoms with Gasteiger partial charge in [-0.05, 0) is 74.1 Å². The van der Waals surface area contributed by atoms with Gasteiger partial charge >= 0.3 is 0 Å². The average Bonchev–Trinajstić information content (AvgIpc) is 2.62. The van der Waals surface area contributed by atoms with E-state index < -0.39 is 6.10 Å². The molecule has 134 valence electrons. The molecule has 2 aromatic carbocycles. The molecular formula is C22H29NO2. The average molecular weight is 339 g/mol. The summed E-state index contributed by atoms with van der Waals surface area (Å²) < 4.78 is 5.90. The number of amides is 1. The van der Waals surface area contributed by atoms with Gasteiger partial charge in [0.25, 0.3) is 5.91 Å². The molecule has 3 heteroatoms. The van der Waals surface area contributed by atoms with Crippen molar-refractivity contribution in [3.8, 4) is 5.75 Å². The van der Waals surface area contributed by atoms with E-state index in [0.29, 0.717) is 6.42 Å². The summed E-state index contributed by atoms with van der Waals surface area (Å²) in [6, 6.07) is 14.0. The third kappa shape index (κ3) is 5.63. The molecular weight excluding hydrogens is 310 g/mol. The van der Waals surface area contributed by atoms with E-state index in [1.165, 1.54) is 24.0 Å². The van der Waals surface area contributed by atoms with Crippen LogP contribution in [0.2, 0.25) is 0 Å². The fraction of sp³-hybridized carbons (Fsp3) is 0.409. The minimum Gasteiger partial charge on any atom is -0.481 e. The second-order valence-electron chi connectivity index (χ2n) is 6.55.